The fraction of sp³-hybridized carbons (Fsp3) is 0.222. The van der Waals surface area contributed by atoms with Crippen LogP contribution < -0.4 is 18.9 Å². The van der Waals surface area contributed by atoms with E-state index in [1.807, 2.05) is 0 Å². The lowest BCUT2D eigenvalue weighted by Crippen LogP contribution is -2.07. The molecule has 30 heavy (non-hydrogen) atoms. The van der Waals surface area contributed by atoms with E-state index < -0.39 is 32.7 Å². The highest BCUT2D eigenvalue weighted by Gasteiger charge is 2.35. The summed E-state index contributed by atoms with van der Waals surface area (Å²) in [6, 6.07) is 2.13. The van der Waals surface area contributed by atoms with E-state index in [0.717, 1.165) is 40.6 Å². The Hall–Kier alpha value is -4.22. The number of carbonyl (C=O) groups is 2. The Kier molecular flexibility index (Phi) is 6.52. The molecule has 2 aromatic carbocycles. The van der Waals surface area contributed by atoms with Gasteiger partial charge in [-0.3, -0.25) is 29.8 Å². The third-order valence-electron chi connectivity index (χ3n) is 4.22. The molecule has 0 saturated heterocycles. The second kappa shape index (κ2) is 8.86. The van der Waals surface area contributed by atoms with Crippen molar-refractivity contribution < 1.29 is 38.4 Å². The third-order valence-corrected chi connectivity index (χ3v) is 4.22. The van der Waals surface area contributed by atoms with Gasteiger partial charge < -0.3 is 18.9 Å². The van der Waals surface area contributed by atoms with Crippen LogP contribution in [0.4, 0.5) is 11.4 Å². The average Bonchev–Trinajstić information content (AvgIpc) is 2.75. The van der Waals surface area contributed by atoms with E-state index in [2.05, 4.69) is 0 Å². The average molecular weight is 420 g/mol. The van der Waals surface area contributed by atoms with Gasteiger partial charge in [0.2, 0.25) is 23.0 Å². The highest BCUT2D eigenvalue weighted by molar-refractivity contribution is 6.03. The van der Waals surface area contributed by atoms with Gasteiger partial charge in [0.15, 0.2) is 12.6 Å². The summed E-state index contributed by atoms with van der Waals surface area (Å²) >= 11 is 0. The predicted molar refractivity (Wildman–Crippen MR) is 102 cm³/mol. The zero-order valence-corrected chi connectivity index (χ0v) is 16.3. The van der Waals surface area contributed by atoms with E-state index in [4.69, 9.17) is 18.9 Å². The molecule has 0 amide bonds. The number of carbonyl (C=O) groups excluding carboxylic acids is 2. The standard InChI is InChI=1S/C18H16N2O10/c1-27-11-5-9(7-21)13(17(29-3)15(11)19(23)24)14-10(8-22)6-12(28-2)16(20(25)26)18(14)30-4/h5-8H,1-4H3. The Bertz CT molecular complexity index is 965. The number of aldehydes is 2. The van der Waals surface area contributed by atoms with Crippen molar-refractivity contribution in [3.63, 3.8) is 0 Å². The molecule has 0 unspecified atom stereocenters. The fourth-order valence-corrected chi connectivity index (χ4v) is 3.04. The minimum atomic E-state index is -0.805. The van der Waals surface area contributed by atoms with Crippen LogP contribution in [0.2, 0.25) is 0 Å². The maximum Gasteiger partial charge on any atom is 0.352 e. The van der Waals surface area contributed by atoms with Crippen molar-refractivity contribution in [1.29, 1.82) is 0 Å². The van der Waals surface area contributed by atoms with E-state index in [1.165, 1.54) is 0 Å². The summed E-state index contributed by atoms with van der Waals surface area (Å²) in [4.78, 5) is 45.3. The zero-order chi connectivity index (χ0) is 22.6. The van der Waals surface area contributed by atoms with Crippen LogP contribution in [-0.4, -0.2) is 50.9 Å². The zero-order valence-electron chi connectivity index (χ0n) is 16.3. The fourth-order valence-electron chi connectivity index (χ4n) is 3.04. The van der Waals surface area contributed by atoms with E-state index in [-0.39, 0.29) is 33.8 Å². The molecule has 0 radical (unpaired) electrons. The summed E-state index contributed by atoms with van der Waals surface area (Å²) in [7, 11) is 4.52. The van der Waals surface area contributed by atoms with Gasteiger partial charge in [0.25, 0.3) is 0 Å². The molecule has 0 atom stereocenters. The van der Waals surface area contributed by atoms with Gasteiger partial charge in [-0.05, 0) is 12.1 Å². The molecule has 0 aliphatic carbocycles. The minimum absolute atomic E-state index is 0.185. The van der Waals surface area contributed by atoms with Crippen LogP contribution in [0.15, 0.2) is 12.1 Å². The van der Waals surface area contributed by atoms with Crippen LogP contribution in [0.3, 0.4) is 0 Å². The molecule has 12 nitrogen and oxygen atoms in total. The predicted octanol–water partition coefficient (Wildman–Crippen LogP) is 2.83. The van der Waals surface area contributed by atoms with Crippen LogP contribution in [0.1, 0.15) is 20.7 Å². The number of nitro benzene ring substituents is 2. The molecule has 0 aliphatic heterocycles. The lowest BCUT2D eigenvalue weighted by atomic mass is 9.92. The van der Waals surface area contributed by atoms with Gasteiger partial charge >= 0.3 is 11.4 Å². The molecule has 0 heterocycles. The summed E-state index contributed by atoms with van der Waals surface area (Å²) in [6.07, 6.45) is 0.683. The van der Waals surface area contributed by atoms with Crippen molar-refractivity contribution in [1.82, 2.24) is 0 Å². The normalized spacial score (nSPS) is 10.1. The summed E-state index contributed by atoms with van der Waals surface area (Å²) in [6.45, 7) is 0. The summed E-state index contributed by atoms with van der Waals surface area (Å²) in [5, 5.41) is 23.3. The monoisotopic (exact) mass is 420 g/mol. The van der Waals surface area contributed by atoms with Crippen molar-refractivity contribution in [3.05, 3.63) is 43.5 Å². The van der Waals surface area contributed by atoms with Crippen molar-refractivity contribution in [3.8, 4) is 34.1 Å². The number of ether oxygens (including phenoxy) is 4. The molecule has 0 N–H and O–H groups in total. The second-order valence-electron chi connectivity index (χ2n) is 5.60. The van der Waals surface area contributed by atoms with Gasteiger partial charge in [0, 0.05) is 22.3 Å². The quantitative estimate of drug-likeness (QED) is 0.335. The molecule has 0 fully saturated rings. The van der Waals surface area contributed by atoms with Crippen molar-refractivity contribution in [2.45, 2.75) is 0 Å². The van der Waals surface area contributed by atoms with Gasteiger partial charge in [-0.25, -0.2) is 0 Å². The maximum absolute atomic E-state index is 11.8. The van der Waals surface area contributed by atoms with Gasteiger partial charge in [-0.15, -0.1) is 0 Å². The molecule has 0 aromatic heterocycles. The van der Waals surface area contributed by atoms with Crippen LogP contribution in [0.25, 0.3) is 11.1 Å². The Morgan fingerprint density at radius 2 is 1.03 bits per heavy atom. The molecule has 2 rings (SSSR count). The highest BCUT2D eigenvalue weighted by Crippen LogP contribution is 2.53. The Morgan fingerprint density at radius 3 is 1.23 bits per heavy atom. The number of benzene rings is 2. The second-order valence-corrected chi connectivity index (χ2v) is 5.60. The van der Waals surface area contributed by atoms with E-state index in [0.29, 0.717) is 12.6 Å². The lowest BCUT2D eigenvalue weighted by molar-refractivity contribution is -0.386. The van der Waals surface area contributed by atoms with Gasteiger partial charge in [-0.1, -0.05) is 0 Å². The molecule has 0 spiro atoms. The highest BCUT2D eigenvalue weighted by atomic mass is 16.6. The number of nitro groups is 2. The van der Waals surface area contributed by atoms with Crippen LogP contribution in [0, 0.1) is 20.2 Å². The number of methoxy groups -OCH3 is 4. The van der Waals surface area contributed by atoms with E-state index in [9.17, 15) is 29.8 Å². The largest absolute Gasteiger partial charge is 0.490 e. The SMILES string of the molecule is COc1cc(C=O)c(-c2c(C=O)cc(OC)c([N+](=O)[O-])c2OC)c(OC)c1[N+](=O)[O-]. The number of nitrogens with zero attached hydrogens (tertiary/aromatic N) is 2. The Balaban J connectivity index is 3.21. The van der Waals surface area contributed by atoms with Crippen LogP contribution in [0.5, 0.6) is 23.0 Å². The summed E-state index contributed by atoms with van der Waals surface area (Å²) < 4.78 is 20.3. The first kappa shape index (κ1) is 22.1. The lowest BCUT2D eigenvalue weighted by Gasteiger charge is -2.18. The van der Waals surface area contributed by atoms with Gasteiger partial charge in [0.05, 0.1) is 38.3 Å². The minimum Gasteiger partial charge on any atom is -0.490 e. The number of hydrogen-bond acceptors (Lipinski definition) is 10. The first-order valence-electron chi connectivity index (χ1n) is 8.08. The molecular weight excluding hydrogens is 404 g/mol. The van der Waals surface area contributed by atoms with Crippen LogP contribution >= 0.6 is 0 Å². The molecular formula is C18H16N2O10. The molecule has 0 saturated carbocycles. The Labute approximate surface area is 169 Å². The van der Waals surface area contributed by atoms with Crippen molar-refractivity contribution >= 4 is 23.9 Å². The molecule has 158 valence electrons. The van der Waals surface area contributed by atoms with E-state index in [1.54, 1.807) is 0 Å². The van der Waals surface area contributed by atoms with Gasteiger partial charge in [-0.2, -0.15) is 0 Å². The topological polar surface area (TPSA) is 157 Å². The maximum atomic E-state index is 11.8. The molecule has 0 bridgehead atoms. The summed E-state index contributed by atoms with van der Waals surface area (Å²) in [5.41, 5.74) is -2.14. The smallest absolute Gasteiger partial charge is 0.352 e. The van der Waals surface area contributed by atoms with Gasteiger partial charge in [0.1, 0.15) is 0 Å². The van der Waals surface area contributed by atoms with E-state index >= 15 is 0 Å². The van der Waals surface area contributed by atoms with Crippen molar-refractivity contribution in [2.24, 2.45) is 0 Å². The first-order valence-corrected chi connectivity index (χ1v) is 8.08. The summed E-state index contributed by atoms with van der Waals surface area (Å²) in [5.74, 6) is -1.45. The van der Waals surface area contributed by atoms with Crippen LogP contribution in [-0.2, 0) is 0 Å². The Morgan fingerprint density at radius 1 is 0.700 bits per heavy atom. The van der Waals surface area contributed by atoms with Crippen molar-refractivity contribution in [2.75, 3.05) is 28.4 Å². The number of rotatable bonds is 9. The first-order chi connectivity index (χ1) is 14.3. The third kappa shape index (κ3) is 3.45. The number of hydrogen-bond donors (Lipinski definition) is 0. The molecule has 0 aliphatic rings. The molecule has 2 aromatic rings. The molecule has 12 heteroatoms.